The van der Waals surface area contributed by atoms with Gasteiger partial charge in [0.1, 0.15) is 5.82 Å². The third kappa shape index (κ3) is 3.91. The number of aryl methyl sites for hydroxylation is 1. The molecule has 0 aliphatic carbocycles. The Kier molecular flexibility index (Phi) is 5.09. The first-order chi connectivity index (χ1) is 10.1. The Morgan fingerprint density at radius 3 is 2.62 bits per heavy atom. The van der Waals surface area contributed by atoms with E-state index in [0.717, 1.165) is 17.0 Å². The quantitative estimate of drug-likeness (QED) is 0.703. The molecule has 3 nitrogen and oxygen atoms in total. The topological polar surface area (TPSA) is 30.2 Å². The summed E-state index contributed by atoms with van der Waals surface area (Å²) in [6.07, 6.45) is 5.97. The average molecular weight is 281 g/mol. The number of aromatic nitrogens is 2. The van der Waals surface area contributed by atoms with Crippen molar-refractivity contribution in [2.75, 3.05) is 0 Å². The Bertz CT molecular complexity index is 620. The van der Waals surface area contributed by atoms with Gasteiger partial charge in [-0.1, -0.05) is 51.1 Å². The van der Waals surface area contributed by atoms with Gasteiger partial charge in [-0.15, -0.1) is 0 Å². The standard InChI is InChI=1S/C18H23N3/c1-5-6-14(2)16-7-9-17(10-8-16)15(3)13-19-18-11-12-20-21(18)4/h7-14H,3,5-6H2,1-2,4H3/b19-13-. The zero-order chi connectivity index (χ0) is 15.2. The molecule has 0 saturated carbocycles. The summed E-state index contributed by atoms with van der Waals surface area (Å²) in [6, 6.07) is 10.5. The SMILES string of the molecule is C=C(/C=N\c1ccnn1C)c1ccc(C(C)CCC)cc1. The van der Waals surface area contributed by atoms with E-state index in [9.17, 15) is 0 Å². The molecule has 110 valence electrons. The summed E-state index contributed by atoms with van der Waals surface area (Å²) in [5.74, 6) is 1.43. The van der Waals surface area contributed by atoms with Gasteiger partial charge in [0.2, 0.25) is 0 Å². The highest BCUT2D eigenvalue weighted by Gasteiger charge is 2.04. The number of rotatable bonds is 6. The highest BCUT2D eigenvalue weighted by molar-refractivity contribution is 6.09. The minimum atomic E-state index is 0.612. The van der Waals surface area contributed by atoms with E-state index in [1.54, 1.807) is 17.1 Å². The summed E-state index contributed by atoms with van der Waals surface area (Å²) in [7, 11) is 1.87. The lowest BCUT2D eigenvalue weighted by atomic mass is 9.95. The molecule has 0 spiro atoms. The van der Waals surface area contributed by atoms with E-state index >= 15 is 0 Å². The molecule has 0 bridgehead atoms. The molecule has 2 aromatic rings. The Hall–Kier alpha value is -2.16. The lowest BCUT2D eigenvalue weighted by molar-refractivity contribution is 0.665. The van der Waals surface area contributed by atoms with Crippen molar-refractivity contribution >= 4 is 17.6 Å². The number of hydrogen-bond acceptors (Lipinski definition) is 2. The second-order valence-electron chi connectivity index (χ2n) is 5.41. The summed E-state index contributed by atoms with van der Waals surface area (Å²) >= 11 is 0. The molecule has 0 aliphatic heterocycles. The van der Waals surface area contributed by atoms with Crippen LogP contribution in [0.15, 0.2) is 48.1 Å². The van der Waals surface area contributed by atoms with E-state index in [2.05, 4.69) is 54.8 Å². The second-order valence-corrected chi connectivity index (χ2v) is 5.41. The van der Waals surface area contributed by atoms with E-state index in [4.69, 9.17) is 0 Å². The van der Waals surface area contributed by atoms with Gasteiger partial charge in [-0.2, -0.15) is 5.10 Å². The van der Waals surface area contributed by atoms with Crippen LogP contribution in [0.5, 0.6) is 0 Å². The summed E-state index contributed by atoms with van der Waals surface area (Å²) < 4.78 is 1.74. The number of benzene rings is 1. The molecule has 1 aromatic carbocycles. The van der Waals surface area contributed by atoms with Gasteiger partial charge in [0.05, 0.1) is 6.20 Å². The molecule has 1 heterocycles. The Morgan fingerprint density at radius 2 is 2.05 bits per heavy atom. The molecule has 0 amide bonds. The molecular formula is C18H23N3. The van der Waals surface area contributed by atoms with Gasteiger partial charge >= 0.3 is 0 Å². The maximum atomic E-state index is 4.40. The van der Waals surface area contributed by atoms with Crippen LogP contribution in [0, 0.1) is 0 Å². The van der Waals surface area contributed by atoms with Crippen LogP contribution in [0.25, 0.3) is 5.57 Å². The van der Waals surface area contributed by atoms with Gasteiger partial charge in [0.25, 0.3) is 0 Å². The van der Waals surface area contributed by atoms with Crippen LogP contribution >= 0.6 is 0 Å². The average Bonchev–Trinajstić information content (AvgIpc) is 2.90. The van der Waals surface area contributed by atoms with Crippen molar-refractivity contribution in [1.29, 1.82) is 0 Å². The van der Waals surface area contributed by atoms with Crippen LogP contribution in [-0.2, 0) is 7.05 Å². The highest BCUT2D eigenvalue weighted by atomic mass is 15.3. The zero-order valence-corrected chi connectivity index (χ0v) is 13.1. The molecular weight excluding hydrogens is 258 g/mol. The third-order valence-electron chi connectivity index (χ3n) is 3.72. The molecule has 1 unspecified atom stereocenters. The molecule has 0 radical (unpaired) electrons. The van der Waals surface area contributed by atoms with Crippen LogP contribution in [0.2, 0.25) is 0 Å². The van der Waals surface area contributed by atoms with Crippen LogP contribution in [0.3, 0.4) is 0 Å². The van der Waals surface area contributed by atoms with Gasteiger partial charge in [-0.3, -0.25) is 4.68 Å². The molecule has 0 aliphatic rings. The highest BCUT2D eigenvalue weighted by Crippen LogP contribution is 2.22. The second kappa shape index (κ2) is 7.02. The van der Waals surface area contributed by atoms with Crippen molar-refractivity contribution in [1.82, 2.24) is 9.78 Å². The monoisotopic (exact) mass is 281 g/mol. The Labute approximate surface area is 127 Å². The predicted molar refractivity (Wildman–Crippen MR) is 90.2 cm³/mol. The first-order valence-corrected chi connectivity index (χ1v) is 7.43. The minimum absolute atomic E-state index is 0.612. The van der Waals surface area contributed by atoms with E-state index in [1.807, 2.05) is 13.1 Å². The third-order valence-corrected chi connectivity index (χ3v) is 3.72. The van der Waals surface area contributed by atoms with E-state index in [-0.39, 0.29) is 0 Å². The van der Waals surface area contributed by atoms with Crippen molar-refractivity contribution in [3.8, 4) is 0 Å². The molecule has 0 N–H and O–H groups in total. The van der Waals surface area contributed by atoms with Crippen LogP contribution < -0.4 is 0 Å². The Balaban J connectivity index is 2.06. The van der Waals surface area contributed by atoms with Gasteiger partial charge in [-0.05, 0) is 29.0 Å². The Morgan fingerprint density at radius 1 is 1.33 bits per heavy atom. The first-order valence-electron chi connectivity index (χ1n) is 7.43. The number of nitrogens with zero attached hydrogens (tertiary/aromatic N) is 3. The molecule has 2 rings (SSSR count). The van der Waals surface area contributed by atoms with Crippen molar-refractivity contribution in [2.24, 2.45) is 12.0 Å². The molecule has 3 heteroatoms. The normalized spacial score (nSPS) is 12.7. The fourth-order valence-electron chi connectivity index (χ4n) is 2.34. The lowest BCUT2D eigenvalue weighted by Crippen LogP contribution is -1.93. The fraction of sp³-hybridized carbons (Fsp3) is 0.333. The number of hydrogen-bond donors (Lipinski definition) is 0. The van der Waals surface area contributed by atoms with E-state index in [0.29, 0.717) is 5.92 Å². The van der Waals surface area contributed by atoms with Gasteiger partial charge in [0, 0.05) is 19.3 Å². The summed E-state index contributed by atoms with van der Waals surface area (Å²) in [5, 5.41) is 4.09. The van der Waals surface area contributed by atoms with Gasteiger partial charge in [0.15, 0.2) is 0 Å². The van der Waals surface area contributed by atoms with Crippen LogP contribution in [0.1, 0.15) is 43.7 Å². The minimum Gasteiger partial charge on any atom is -0.251 e. The number of aliphatic imine (C=N–C) groups is 1. The van der Waals surface area contributed by atoms with E-state index in [1.165, 1.54) is 18.4 Å². The zero-order valence-electron chi connectivity index (χ0n) is 13.1. The summed E-state index contributed by atoms with van der Waals surface area (Å²) in [4.78, 5) is 4.40. The van der Waals surface area contributed by atoms with Crippen molar-refractivity contribution < 1.29 is 0 Å². The maximum absolute atomic E-state index is 4.40. The molecule has 1 atom stereocenters. The number of allylic oxidation sites excluding steroid dienone is 1. The van der Waals surface area contributed by atoms with Crippen molar-refractivity contribution in [2.45, 2.75) is 32.6 Å². The van der Waals surface area contributed by atoms with Crippen LogP contribution in [0.4, 0.5) is 5.82 Å². The maximum Gasteiger partial charge on any atom is 0.150 e. The first kappa shape index (κ1) is 15.2. The molecule has 21 heavy (non-hydrogen) atoms. The summed E-state index contributed by atoms with van der Waals surface area (Å²) in [5.41, 5.74) is 3.40. The van der Waals surface area contributed by atoms with Gasteiger partial charge < -0.3 is 0 Å². The van der Waals surface area contributed by atoms with E-state index < -0.39 is 0 Å². The van der Waals surface area contributed by atoms with Crippen molar-refractivity contribution in [3.05, 3.63) is 54.2 Å². The fourth-order valence-corrected chi connectivity index (χ4v) is 2.34. The summed E-state index contributed by atoms with van der Waals surface area (Å²) in [6.45, 7) is 8.58. The lowest BCUT2D eigenvalue weighted by Gasteiger charge is -2.11. The smallest absolute Gasteiger partial charge is 0.150 e. The molecule has 1 aromatic heterocycles. The molecule has 0 fully saturated rings. The molecule has 0 saturated heterocycles. The van der Waals surface area contributed by atoms with Crippen molar-refractivity contribution in [3.63, 3.8) is 0 Å². The predicted octanol–water partition coefficient (Wildman–Crippen LogP) is 4.74. The largest absolute Gasteiger partial charge is 0.251 e. The van der Waals surface area contributed by atoms with Gasteiger partial charge in [-0.25, -0.2) is 4.99 Å². The van der Waals surface area contributed by atoms with Crippen LogP contribution in [-0.4, -0.2) is 16.0 Å².